The fraction of sp³-hybridized carbons (Fsp3) is 0.462. The molecule has 6 heteroatoms. The highest BCUT2D eigenvalue weighted by Crippen LogP contribution is 2.08. The molecule has 0 radical (unpaired) electrons. The number of carbonyl (C=O) groups is 1. The van der Waals surface area contributed by atoms with Gasteiger partial charge in [-0.1, -0.05) is 0 Å². The minimum atomic E-state index is -1.02. The van der Waals surface area contributed by atoms with Crippen molar-refractivity contribution < 1.29 is 18.3 Å². The number of likely N-dealkylation sites (N-methyl/N-ethyl adjacent to an activating group) is 1. The molecule has 0 heterocycles. The van der Waals surface area contributed by atoms with E-state index in [1.165, 1.54) is 6.07 Å². The minimum Gasteiger partial charge on any atom is -0.383 e. The monoisotopic (exact) mass is 272 g/mol. The molecule has 1 amide bonds. The van der Waals surface area contributed by atoms with Crippen molar-refractivity contribution in [1.29, 1.82) is 0 Å². The molecule has 0 spiro atoms. The van der Waals surface area contributed by atoms with Crippen LogP contribution in [0.15, 0.2) is 18.2 Å². The maximum Gasteiger partial charge on any atom is 0.251 e. The van der Waals surface area contributed by atoms with Gasteiger partial charge >= 0.3 is 0 Å². The Hall–Kier alpha value is -1.53. The number of nitrogens with zero attached hydrogens (tertiary/aromatic N) is 1. The molecule has 0 saturated heterocycles. The number of hydrogen-bond acceptors (Lipinski definition) is 3. The van der Waals surface area contributed by atoms with Gasteiger partial charge in [0.2, 0.25) is 0 Å². The SMILES string of the molecule is COCCN(C)CCNC(=O)c1ccc(F)c(F)c1. The Morgan fingerprint density at radius 1 is 1.32 bits per heavy atom. The average molecular weight is 272 g/mol. The quantitative estimate of drug-likeness (QED) is 0.813. The Morgan fingerprint density at radius 2 is 2.05 bits per heavy atom. The molecule has 0 aromatic heterocycles. The van der Waals surface area contributed by atoms with Crippen LogP contribution in [-0.2, 0) is 4.74 Å². The Bertz CT molecular complexity index is 427. The maximum absolute atomic E-state index is 13.0. The lowest BCUT2D eigenvalue weighted by Crippen LogP contribution is -2.34. The third kappa shape index (κ3) is 5.32. The van der Waals surface area contributed by atoms with Crippen LogP contribution in [-0.4, -0.2) is 51.2 Å². The molecule has 0 aliphatic rings. The number of methoxy groups -OCH3 is 1. The molecule has 0 fully saturated rings. The van der Waals surface area contributed by atoms with Crippen LogP contribution in [0.4, 0.5) is 8.78 Å². The number of carbonyl (C=O) groups excluding carboxylic acids is 1. The van der Waals surface area contributed by atoms with Crippen LogP contribution in [0.25, 0.3) is 0 Å². The second-order valence-corrected chi connectivity index (χ2v) is 4.18. The zero-order valence-corrected chi connectivity index (χ0v) is 11.1. The first-order valence-corrected chi connectivity index (χ1v) is 5.95. The van der Waals surface area contributed by atoms with Gasteiger partial charge in [-0.15, -0.1) is 0 Å². The number of amides is 1. The first kappa shape index (κ1) is 15.5. The van der Waals surface area contributed by atoms with Gasteiger partial charge in [0, 0.05) is 32.3 Å². The summed E-state index contributed by atoms with van der Waals surface area (Å²) in [5.41, 5.74) is 0.110. The van der Waals surface area contributed by atoms with Crippen molar-refractivity contribution in [2.45, 2.75) is 0 Å². The van der Waals surface area contributed by atoms with Crippen molar-refractivity contribution >= 4 is 5.91 Å². The molecule has 19 heavy (non-hydrogen) atoms. The van der Waals surface area contributed by atoms with E-state index in [9.17, 15) is 13.6 Å². The van der Waals surface area contributed by atoms with Gasteiger partial charge in [-0.25, -0.2) is 8.78 Å². The molecule has 106 valence electrons. The van der Waals surface area contributed by atoms with E-state index in [0.29, 0.717) is 19.7 Å². The largest absolute Gasteiger partial charge is 0.383 e. The van der Waals surface area contributed by atoms with E-state index in [1.54, 1.807) is 7.11 Å². The van der Waals surface area contributed by atoms with Gasteiger partial charge in [-0.3, -0.25) is 4.79 Å². The molecule has 0 bridgehead atoms. The van der Waals surface area contributed by atoms with Crippen molar-refractivity contribution in [3.05, 3.63) is 35.4 Å². The second kappa shape index (κ2) is 7.81. The molecule has 4 nitrogen and oxygen atoms in total. The zero-order valence-electron chi connectivity index (χ0n) is 11.1. The first-order chi connectivity index (χ1) is 9.04. The van der Waals surface area contributed by atoms with Gasteiger partial charge in [0.25, 0.3) is 5.91 Å². The normalized spacial score (nSPS) is 10.8. The Labute approximate surface area is 111 Å². The molecule has 0 saturated carbocycles. The summed E-state index contributed by atoms with van der Waals surface area (Å²) in [5.74, 6) is -2.40. The third-order valence-electron chi connectivity index (χ3n) is 2.64. The molecule has 1 aromatic carbocycles. The Morgan fingerprint density at radius 3 is 2.68 bits per heavy atom. The predicted molar refractivity (Wildman–Crippen MR) is 68.1 cm³/mol. The summed E-state index contributed by atoms with van der Waals surface area (Å²) in [4.78, 5) is 13.7. The van der Waals surface area contributed by atoms with E-state index in [2.05, 4.69) is 5.32 Å². The number of hydrogen-bond donors (Lipinski definition) is 1. The van der Waals surface area contributed by atoms with Crippen LogP contribution >= 0.6 is 0 Å². The number of nitrogens with one attached hydrogen (secondary N) is 1. The number of benzene rings is 1. The van der Waals surface area contributed by atoms with Crippen LogP contribution in [0, 0.1) is 11.6 Å². The van der Waals surface area contributed by atoms with E-state index < -0.39 is 17.5 Å². The average Bonchev–Trinajstić information content (AvgIpc) is 2.39. The van der Waals surface area contributed by atoms with Crippen molar-refractivity contribution in [2.24, 2.45) is 0 Å². The summed E-state index contributed by atoms with van der Waals surface area (Å²) in [7, 11) is 3.53. The zero-order chi connectivity index (χ0) is 14.3. The van der Waals surface area contributed by atoms with Crippen molar-refractivity contribution in [3.63, 3.8) is 0 Å². The molecule has 0 aliphatic carbocycles. The summed E-state index contributed by atoms with van der Waals surface area (Å²) in [5, 5.41) is 2.64. The standard InChI is InChI=1S/C13H18F2N2O2/c1-17(7-8-19-2)6-5-16-13(18)10-3-4-11(14)12(15)9-10/h3-4,9H,5-8H2,1-2H3,(H,16,18). The molecule has 1 aromatic rings. The lowest BCUT2D eigenvalue weighted by atomic mass is 10.2. The van der Waals surface area contributed by atoms with Crippen LogP contribution < -0.4 is 5.32 Å². The first-order valence-electron chi connectivity index (χ1n) is 5.95. The predicted octanol–water partition coefficient (Wildman–Crippen LogP) is 1.27. The molecule has 0 atom stereocenters. The lowest BCUT2D eigenvalue weighted by Gasteiger charge is -2.16. The number of halogens is 2. The topological polar surface area (TPSA) is 41.6 Å². The van der Waals surface area contributed by atoms with Gasteiger partial charge in [0.05, 0.1) is 6.61 Å². The molecular weight excluding hydrogens is 254 g/mol. The maximum atomic E-state index is 13.0. The van der Waals surface area contributed by atoms with Crippen molar-refractivity contribution in [1.82, 2.24) is 10.2 Å². The Kier molecular flexibility index (Phi) is 6.38. The number of ether oxygens (including phenoxy) is 1. The van der Waals surface area contributed by atoms with Gasteiger partial charge in [0.1, 0.15) is 0 Å². The summed E-state index contributed by atoms with van der Waals surface area (Å²) in [6.45, 7) is 2.46. The summed E-state index contributed by atoms with van der Waals surface area (Å²) < 4.78 is 30.6. The van der Waals surface area contributed by atoms with E-state index in [0.717, 1.165) is 18.7 Å². The molecule has 0 unspecified atom stereocenters. The molecule has 1 N–H and O–H groups in total. The molecule has 0 aliphatic heterocycles. The van der Waals surface area contributed by atoms with E-state index in [1.807, 2.05) is 11.9 Å². The van der Waals surface area contributed by atoms with Crippen LogP contribution in [0.1, 0.15) is 10.4 Å². The highest BCUT2D eigenvalue weighted by molar-refractivity contribution is 5.94. The Balaban J connectivity index is 2.37. The number of rotatable bonds is 7. The molecule has 1 rings (SSSR count). The summed E-state index contributed by atoms with van der Waals surface area (Å²) in [6, 6.07) is 3.08. The minimum absolute atomic E-state index is 0.110. The highest BCUT2D eigenvalue weighted by atomic mass is 19.2. The third-order valence-corrected chi connectivity index (χ3v) is 2.64. The van der Waals surface area contributed by atoms with E-state index in [-0.39, 0.29) is 5.56 Å². The van der Waals surface area contributed by atoms with E-state index in [4.69, 9.17) is 4.74 Å². The van der Waals surface area contributed by atoms with Crippen LogP contribution in [0.5, 0.6) is 0 Å². The highest BCUT2D eigenvalue weighted by Gasteiger charge is 2.09. The summed E-state index contributed by atoms with van der Waals surface area (Å²) in [6.07, 6.45) is 0. The van der Waals surface area contributed by atoms with E-state index >= 15 is 0 Å². The summed E-state index contributed by atoms with van der Waals surface area (Å²) >= 11 is 0. The molecular formula is C13H18F2N2O2. The van der Waals surface area contributed by atoms with Crippen molar-refractivity contribution in [3.8, 4) is 0 Å². The fourth-order valence-corrected chi connectivity index (χ4v) is 1.46. The van der Waals surface area contributed by atoms with Gasteiger partial charge in [-0.05, 0) is 25.2 Å². The van der Waals surface area contributed by atoms with Gasteiger partial charge in [-0.2, -0.15) is 0 Å². The van der Waals surface area contributed by atoms with Crippen molar-refractivity contribution in [2.75, 3.05) is 40.4 Å². The second-order valence-electron chi connectivity index (χ2n) is 4.18. The van der Waals surface area contributed by atoms with Gasteiger partial charge in [0.15, 0.2) is 11.6 Å². The van der Waals surface area contributed by atoms with Gasteiger partial charge < -0.3 is 15.0 Å². The fourth-order valence-electron chi connectivity index (χ4n) is 1.46. The smallest absolute Gasteiger partial charge is 0.251 e. The van der Waals surface area contributed by atoms with Crippen LogP contribution in [0.2, 0.25) is 0 Å². The lowest BCUT2D eigenvalue weighted by molar-refractivity contribution is 0.0947. The van der Waals surface area contributed by atoms with Crippen LogP contribution in [0.3, 0.4) is 0 Å².